The van der Waals surface area contributed by atoms with Gasteiger partial charge >= 0.3 is 0 Å². The summed E-state index contributed by atoms with van der Waals surface area (Å²) in [7, 11) is 0. The maximum absolute atomic E-state index is 11.9. The molecule has 0 spiro atoms. The van der Waals surface area contributed by atoms with E-state index in [0.29, 0.717) is 11.4 Å². The summed E-state index contributed by atoms with van der Waals surface area (Å²) in [5.41, 5.74) is 3.69. The number of hydrogen-bond donors (Lipinski definition) is 2. The number of benzene rings is 1. The summed E-state index contributed by atoms with van der Waals surface area (Å²) in [5, 5.41) is 4.52. The number of aromatic nitrogens is 3. The monoisotopic (exact) mass is 270 g/mol. The third kappa shape index (κ3) is 2.53. The second kappa shape index (κ2) is 5.03. The fourth-order valence-corrected chi connectivity index (χ4v) is 2.22. The smallest absolute Gasteiger partial charge is 0.275 e. The zero-order valence-electron chi connectivity index (χ0n) is 9.83. The molecule has 0 fully saturated rings. The van der Waals surface area contributed by atoms with Gasteiger partial charge in [-0.25, -0.2) is 9.97 Å². The van der Waals surface area contributed by atoms with Crippen molar-refractivity contribution in [1.82, 2.24) is 15.0 Å². The summed E-state index contributed by atoms with van der Waals surface area (Å²) in [4.78, 5) is 23.1. The van der Waals surface area contributed by atoms with E-state index < -0.39 is 0 Å². The first-order valence-corrected chi connectivity index (χ1v) is 6.56. The topological polar surface area (TPSA) is 70.7 Å². The van der Waals surface area contributed by atoms with Crippen LogP contribution in [0.3, 0.4) is 0 Å². The van der Waals surface area contributed by atoms with Crippen LogP contribution in [0.15, 0.2) is 47.5 Å². The fraction of sp³-hybridized carbons (Fsp3) is 0. The molecule has 0 bridgehead atoms. The van der Waals surface area contributed by atoms with E-state index in [1.165, 1.54) is 11.3 Å². The van der Waals surface area contributed by atoms with E-state index in [0.717, 1.165) is 11.4 Å². The molecule has 19 heavy (non-hydrogen) atoms. The Morgan fingerprint density at radius 2 is 2.26 bits per heavy atom. The molecule has 2 N–H and O–H groups in total. The van der Waals surface area contributed by atoms with Crippen LogP contribution in [0.2, 0.25) is 0 Å². The minimum absolute atomic E-state index is 0.210. The number of nitrogens with zero attached hydrogens (tertiary/aromatic N) is 2. The lowest BCUT2D eigenvalue weighted by Gasteiger charge is -2.04. The molecule has 94 valence electrons. The predicted molar refractivity (Wildman–Crippen MR) is 74.1 cm³/mol. The lowest BCUT2D eigenvalue weighted by Crippen LogP contribution is -2.12. The van der Waals surface area contributed by atoms with Crippen LogP contribution in [-0.2, 0) is 0 Å². The third-order valence-electron chi connectivity index (χ3n) is 2.56. The average molecular weight is 270 g/mol. The number of rotatable bonds is 3. The zero-order valence-corrected chi connectivity index (χ0v) is 10.6. The molecular weight excluding hydrogens is 260 g/mol. The van der Waals surface area contributed by atoms with Crippen molar-refractivity contribution in [1.29, 1.82) is 0 Å². The molecule has 2 heterocycles. The van der Waals surface area contributed by atoms with Gasteiger partial charge in [-0.2, -0.15) is 0 Å². The van der Waals surface area contributed by atoms with Crippen LogP contribution < -0.4 is 5.32 Å². The highest BCUT2D eigenvalue weighted by Crippen LogP contribution is 2.19. The Bertz CT molecular complexity index is 677. The molecule has 1 amide bonds. The molecule has 2 aromatic heterocycles. The number of anilines is 1. The number of imidazole rings is 1. The molecule has 0 unspecified atom stereocenters. The summed E-state index contributed by atoms with van der Waals surface area (Å²) in [5.74, 6) is 0.558. The first-order valence-electron chi connectivity index (χ1n) is 5.62. The van der Waals surface area contributed by atoms with Gasteiger partial charge in [0.2, 0.25) is 0 Å². The van der Waals surface area contributed by atoms with Gasteiger partial charge in [0, 0.05) is 29.0 Å². The van der Waals surface area contributed by atoms with Gasteiger partial charge in [0.1, 0.15) is 11.5 Å². The van der Waals surface area contributed by atoms with Crippen molar-refractivity contribution in [3.8, 4) is 11.4 Å². The van der Waals surface area contributed by atoms with E-state index in [4.69, 9.17) is 0 Å². The molecular formula is C13H10N4OS. The number of carbonyl (C=O) groups excluding carboxylic acids is 1. The Morgan fingerprint density at radius 3 is 3.00 bits per heavy atom. The number of thiazole rings is 1. The average Bonchev–Trinajstić information content (AvgIpc) is 3.13. The Labute approximate surface area is 113 Å². The van der Waals surface area contributed by atoms with E-state index in [1.54, 1.807) is 23.3 Å². The molecule has 0 atom stereocenters. The molecule has 1 aromatic carbocycles. The van der Waals surface area contributed by atoms with Crippen molar-refractivity contribution in [3.05, 3.63) is 53.2 Å². The maximum Gasteiger partial charge on any atom is 0.275 e. The summed E-state index contributed by atoms with van der Waals surface area (Å²) in [6.07, 6.45) is 3.45. The second-order valence-corrected chi connectivity index (χ2v) is 4.57. The molecule has 0 aliphatic rings. The standard InChI is InChI=1S/C13H10N4OS/c18-13(11-7-19-8-16-11)17-10-3-1-2-9(6-10)12-14-4-5-15-12/h1-8H,(H,14,15)(H,17,18). The summed E-state index contributed by atoms with van der Waals surface area (Å²) in [6, 6.07) is 7.49. The number of nitrogens with one attached hydrogen (secondary N) is 2. The third-order valence-corrected chi connectivity index (χ3v) is 3.14. The van der Waals surface area contributed by atoms with Crippen molar-refractivity contribution in [3.63, 3.8) is 0 Å². The Hall–Kier alpha value is -2.47. The SMILES string of the molecule is O=C(Nc1cccc(-c2ncc[nH]2)c1)c1cscn1. The number of carbonyl (C=O) groups is 1. The minimum atomic E-state index is -0.210. The van der Waals surface area contributed by atoms with E-state index in [1.807, 2.05) is 24.3 Å². The van der Waals surface area contributed by atoms with Crippen molar-refractivity contribution < 1.29 is 4.79 Å². The van der Waals surface area contributed by atoms with Crippen LogP contribution >= 0.6 is 11.3 Å². The molecule has 5 nitrogen and oxygen atoms in total. The highest BCUT2D eigenvalue weighted by Gasteiger charge is 2.08. The predicted octanol–water partition coefficient (Wildman–Crippen LogP) is 2.79. The number of aromatic amines is 1. The molecule has 0 aliphatic carbocycles. The highest BCUT2D eigenvalue weighted by atomic mass is 32.1. The lowest BCUT2D eigenvalue weighted by molar-refractivity contribution is 0.102. The van der Waals surface area contributed by atoms with Crippen LogP contribution in [0, 0.1) is 0 Å². The molecule has 3 aromatic rings. The fourth-order valence-electron chi connectivity index (χ4n) is 1.69. The second-order valence-electron chi connectivity index (χ2n) is 3.85. The van der Waals surface area contributed by atoms with Gasteiger partial charge in [-0.1, -0.05) is 12.1 Å². The van der Waals surface area contributed by atoms with Crippen LogP contribution in [-0.4, -0.2) is 20.9 Å². The minimum Gasteiger partial charge on any atom is -0.345 e. The molecule has 0 saturated carbocycles. The van der Waals surface area contributed by atoms with Gasteiger partial charge in [0.05, 0.1) is 5.51 Å². The van der Waals surface area contributed by atoms with E-state index >= 15 is 0 Å². The zero-order chi connectivity index (χ0) is 13.1. The number of H-pyrrole nitrogens is 1. The summed E-state index contributed by atoms with van der Waals surface area (Å²) in [6.45, 7) is 0. The molecule has 6 heteroatoms. The maximum atomic E-state index is 11.9. The van der Waals surface area contributed by atoms with Gasteiger partial charge in [-0.15, -0.1) is 11.3 Å². The first-order chi connectivity index (χ1) is 9.33. The Balaban J connectivity index is 1.82. The summed E-state index contributed by atoms with van der Waals surface area (Å²) < 4.78 is 0. The van der Waals surface area contributed by atoms with E-state index in [2.05, 4.69) is 20.3 Å². The van der Waals surface area contributed by atoms with E-state index in [-0.39, 0.29) is 5.91 Å². The van der Waals surface area contributed by atoms with Gasteiger partial charge in [-0.05, 0) is 12.1 Å². The number of hydrogen-bond acceptors (Lipinski definition) is 4. The van der Waals surface area contributed by atoms with Gasteiger partial charge in [0.15, 0.2) is 0 Å². The van der Waals surface area contributed by atoms with E-state index in [9.17, 15) is 4.79 Å². The largest absolute Gasteiger partial charge is 0.345 e. The van der Waals surface area contributed by atoms with Gasteiger partial charge in [0.25, 0.3) is 5.91 Å². The highest BCUT2D eigenvalue weighted by molar-refractivity contribution is 7.07. The quantitative estimate of drug-likeness (QED) is 0.768. The van der Waals surface area contributed by atoms with Crippen LogP contribution in [0.25, 0.3) is 11.4 Å². The van der Waals surface area contributed by atoms with Crippen molar-refractivity contribution in [2.45, 2.75) is 0 Å². The van der Waals surface area contributed by atoms with Crippen LogP contribution in [0.4, 0.5) is 5.69 Å². The molecule has 0 radical (unpaired) electrons. The van der Waals surface area contributed by atoms with Gasteiger partial charge in [-0.3, -0.25) is 4.79 Å². The number of amides is 1. The molecule has 0 saturated heterocycles. The van der Waals surface area contributed by atoms with Crippen molar-refractivity contribution in [2.24, 2.45) is 0 Å². The van der Waals surface area contributed by atoms with Crippen LogP contribution in [0.1, 0.15) is 10.5 Å². The summed E-state index contributed by atoms with van der Waals surface area (Å²) >= 11 is 1.39. The molecule has 0 aliphatic heterocycles. The van der Waals surface area contributed by atoms with Crippen molar-refractivity contribution in [2.75, 3.05) is 5.32 Å². The molecule has 3 rings (SSSR count). The van der Waals surface area contributed by atoms with Crippen molar-refractivity contribution >= 4 is 22.9 Å². The Morgan fingerprint density at radius 1 is 1.32 bits per heavy atom. The lowest BCUT2D eigenvalue weighted by atomic mass is 10.2. The first kappa shape index (κ1) is 11.6. The normalized spacial score (nSPS) is 10.3. The van der Waals surface area contributed by atoms with Crippen LogP contribution in [0.5, 0.6) is 0 Å². The Kier molecular flexibility index (Phi) is 3.07. The van der Waals surface area contributed by atoms with Gasteiger partial charge < -0.3 is 10.3 Å².